The number of carbonyl (C=O) groups excluding carboxylic acids is 1. The van der Waals surface area contributed by atoms with E-state index in [1.165, 1.54) is 23.1 Å². The average Bonchev–Trinajstić information content (AvgIpc) is 2.46. The Morgan fingerprint density at radius 3 is 2.71 bits per heavy atom. The van der Waals surface area contributed by atoms with Crippen molar-refractivity contribution < 1.29 is 27.8 Å². The van der Waals surface area contributed by atoms with Gasteiger partial charge in [0.25, 0.3) is 5.91 Å². The van der Waals surface area contributed by atoms with Crippen molar-refractivity contribution in [3.05, 3.63) is 35.4 Å². The lowest BCUT2D eigenvalue weighted by molar-refractivity contribution is -0.138. The zero-order valence-corrected chi connectivity index (χ0v) is 11.4. The number of carbonyl (C=O) groups is 1. The Kier molecular flexibility index (Phi) is 4.53. The summed E-state index contributed by atoms with van der Waals surface area (Å²) in [5.74, 6) is -0.697. The Bertz CT molecular complexity index is 518. The lowest BCUT2D eigenvalue weighted by Crippen LogP contribution is -2.52. The van der Waals surface area contributed by atoms with Gasteiger partial charge in [0.15, 0.2) is 0 Å². The first kappa shape index (κ1) is 15.8. The molecule has 0 saturated carbocycles. The molecule has 2 unspecified atom stereocenters. The number of benzene rings is 1. The van der Waals surface area contributed by atoms with E-state index >= 15 is 0 Å². The minimum absolute atomic E-state index is 0.0721. The fraction of sp³-hybridized carbons (Fsp3) is 0.500. The quantitative estimate of drug-likeness (QED) is 0.908. The molecule has 1 aromatic rings. The molecule has 0 spiro atoms. The first-order chi connectivity index (χ1) is 9.84. The molecule has 2 atom stereocenters. The molecule has 1 heterocycles. The second-order valence-corrected chi connectivity index (χ2v) is 4.99. The molecule has 1 aliphatic rings. The molecule has 4 nitrogen and oxygen atoms in total. The van der Waals surface area contributed by atoms with Crippen LogP contribution in [0.1, 0.15) is 22.8 Å². The highest BCUT2D eigenvalue weighted by Crippen LogP contribution is 2.32. The van der Waals surface area contributed by atoms with E-state index in [4.69, 9.17) is 9.84 Å². The number of rotatable bonds is 2. The maximum absolute atomic E-state index is 13.0. The number of nitrogens with zero attached hydrogens (tertiary/aromatic N) is 1. The van der Waals surface area contributed by atoms with Gasteiger partial charge in [-0.05, 0) is 19.1 Å². The van der Waals surface area contributed by atoms with Crippen LogP contribution in [0, 0.1) is 0 Å². The van der Waals surface area contributed by atoms with Gasteiger partial charge in [-0.3, -0.25) is 4.79 Å². The zero-order valence-electron chi connectivity index (χ0n) is 11.4. The van der Waals surface area contributed by atoms with Crippen molar-refractivity contribution in [2.45, 2.75) is 25.2 Å². The van der Waals surface area contributed by atoms with Crippen molar-refractivity contribution in [3.8, 4) is 0 Å². The minimum Gasteiger partial charge on any atom is -0.394 e. The van der Waals surface area contributed by atoms with Crippen LogP contribution in [-0.4, -0.2) is 47.8 Å². The number of alkyl halides is 3. The summed E-state index contributed by atoms with van der Waals surface area (Å²) in [5, 5.41) is 9.09. The van der Waals surface area contributed by atoms with Gasteiger partial charge >= 0.3 is 6.18 Å². The summed E-state index contributed by atoms with van der Waals surface area (Å²) in [7, 11) is 0. The van der Waals surface area contributed by atoms with Crippen molar-refractivity contribution in [2.75, 3.05) is 19.8 Å². The van der Waals surface area contributed by atoms with Gasteiger partial charge in [0.05, 0.1) is 36.5 Å². The highest BCUT2D eigenvalue weighted by molar-refractivity contribution is 5.96. The minimum atomic E-state index is -4.59. The summed E-state index contributed by atoms with van der Waals surface area (Å²) in [5.41, 5.74) is -1.33. The third-order valence-electron chi connectivity index (χ3n) is 3.43. The average molecular weight is 303 g/mol. The fourth-order valence-electron chi connectivity index (χ4n) is 2.28. The van der Waals surface area contributed by atoms with Gasteiger partial charge in [0, 0.05) is 6.54 Å². The molecule has 2 rings (SSSR count). The highest BCUT2D eigenvalue weighted by Gasteiger charge is 2.38. The van der Waals surface area contributed by atoms with Crippen molar-refractivity contribution in [2.24, 2.45) is 0 Å². The fourth-order valence-corrected chi connectivity index (χ4v) is 2.28. The number of hydrogen-bond donors (Lipinski definition) is 1. The van der Waals surface area contributed by atoms with Crippen molar-refractivity contribution in [3.63, 3.8) is 0 Å². The summed E-state index contributed by atoms with van der Waals surface area (Å²) in [6.45, 7) is 1.67. The van der Waals surface area contributed by atoms with E-state index in [1.807, 2.05) is 0 Å². The van der Waals surface area contributed by atoms with E-state index < -0.39 is 23.8 Å². The van der Waals surface area contributed by atoms with Crippen LogP contribution in [0.5, 0.6) is 0 Å². The molecular weight excluding hydrogens is 287 g/mol. The van der Waals surface area contributed by atoms with E-state index in [0.717, 1.165) is 6.07 Å². The van der Waals surface area contributed by atoms with Crippen LogP contribution in [0.4, 0.5) is 13.2 Å². The summed E-state index contributed by atoms with van der Waals surface area (Å²) in [6, 6.07) is 4.36. The molecule has 0 aromatic heterocycles. The molecule has 1 amide bonds. The van der Waals surface area contributed by atoms with Crippen LogP contribution < -0.4 is 0 Å². The predicted molar refractivity (Wildman–Crippen MR) is 68.8 cm³/mol. The first-order valence-corrected chi connectivity index (χ1v) is 6.54. The van der Waals surface area contributed by atoms with Crippen molar-refractivity contribution >= 4 is 5.91 Å². The van der Waals surface area contributed by atoms with Gasteiger partial charge < -0.3 is 14.7 Å². The van der Waals surface area contributed by atoms with Crippen LogP contribution in [0.2, 0.25) is 0 Å². The van der Waals surface area contributed by atoms with Gasteiger partial charge in [-0.15, -0.1) is 0 Å². The van der Waals surface area contributed by atoms with E-state index in [9.17, 15) is 18.0 Å². The zero-order chi connectivity index (χ0) is 15.6. The molecular formula is C14H16F3NO3. The molecule has 0 aliphatic carbocycles. The molecule has 21 heavy (non-hydrogen) atoms. The van der Waals surface area contributed by atoms with Crippen molar-refractivity contribution in [1.29, 1.82) is 0 Å². The van der Waals surface area contributed by atoms with E-state index in [0.29, 0.717) is 0 Å². The van der Waals surface area contributed by atoms with E-state index in [-0.39, 0.29) is 31.4 Å². The van der Waals surface area contributed by atoms with E-state index in [2.05, 4.69) is 0 Å². The van der Waals surface area contributed by atoms with E-state index in [1.54, 1.807) is 6.92 Å². The summed E-state index contributed by atoms with van der Waals surface area (Å²) in [6.07, 6.45) is -5.15. The highest BCUT2D eigenvalue weighted by atomic mass is 19.4. The Balaban J connectivity index is 2.31. The lowest BCUT2D eigenvalue weighted by Gasteiger charge is -2.37. The third-order valence-corrected chi connectivity index (χ3v) is 3.43. The number of aliphatic hydroxyl groups is 1. The van der Waals surface area contributed by atoms with Gasteiger partial charge in [-0.2, -0.15) is 13.2 Å². The lowest BCUT2D eigenvalue weighted by atomic mass is 10.0. The number of aliphatic hydroxyl groups excluding tert-OH is 1. The smallest absolute Gasteiger partial charge is 0.394 e. The van der Waals surface area contributed by atoms with Crippen LogP contribution in [0.25, 0.3) is 0 Å². The molecule has 1 aromatic carbocycles. The molecule has 1 aliphatic heterocycles. The topological polar surface area (TPSA) is 49.8 Å². The molecule has 0 radical (unpaired) electrons. The molecule has 1 N–H and O–H groups in total. The normalized spacial score (nSPS) is 23.2. The Morgan fingerprint density at radius 2 is 2.10 bits per heavy atom. The Morgan fingerprint density at radius 1 is 1.43 bits per heavy atom. The number of morpholine rings is 1. The second-order valence-electron chi connectivity index (χ2n) is 4.99. The molecule has 116 valence electrons. The third kappa shape index (κ3) is 3.36. The first-order valence-electron chi connectivity index (χ1n) is 6.54. The SMILES string of the molecule is CC1COC(CO)CN1C(=O)c1ccccc1C(F)(F)F. The monoisotopic (exact) mass is 303 g/mol. The van der Waals surface area contributed by atoms with Crippen LogP contribution in [0.3, 0.4) is 0 Å². The van der Waals surface area contributed by atoms with Crippen LogP contribution in [-0.2, 0) is 10.9 Å². The maximum atomic E-state index is 13.0. The van der Waals surface area contributed by atoms with Gasteiger partial charge in [0.2, 0.25) is 0 Å². The van der Waals surface area contributed by atoms with Crippen molar-refractivity contribution in [1.82, 2.24) is 4.90 Å². The summed E-state index contributed by atoms with van der Waals surface area (Å²) >= 11 is 0. The Labute approximate surface area is 120 Å². The van der Waals surface area contributed by atoms with Gasteiger partial charge in [-0.1, -0.05) is 12.1 Å². The summed E-state index contributed by atoms with van der Waals surface area (Å²) in [4.78, 5) is 13.7. The van der Waals surface area contributed by atoms with Crippen LogP contribution >= 0.6 is 0 Å². The number of hydrogen-bond acceptors (Lipinski definition) is 3. The maximum Gasteiger partial charge on any atom is 0.417 e. The Hall–Kier alpha value is -1.60. The standard InChI is InChI=1S/C14H16F3NO3/c1-9-8-21-10(7-19)6-18(9)13(20)11-4-2-3-5-12(11)14(15,16)17/h2-5,9-10,19H,6-8H2,1H3. The van der Waals surface area contributed by atoms with Gasteiger partial charge in [-0.25, -0.2) is 0 Å². The summed E-state index contributed by atoms with van der Waals surface area (Å²) < 4.78 is 44.2. The van der Waals surface area contributed by atoms with Crippen LogP contribution in [0.15, 0.2) is 24.3 Å². The number of halogens is 3. The molecule has 0 bridgehead atoms. The molecule has 1 fully saturated rings. The predicted octanol–water partition coefficient (Wildman–Crippen LogP) is 1.93. The number of ether oxygens (including phenoxy) is 1. The number of amides is 1. The second kappa shape index (κ2) is 6.03. The largest absolute Gasteiger partial charge is 0.417 e. The molecule has 1 saturated heterocycles. The molecule has 7 heteroatoms. The van der Waals surface area contributed by atoms with Gasteiger partial charge in [0.1, 0.15) is 0 Å².